The molecule has 0 bridgehead atoms. The van der Waals surface area contributed by atoms with Gasteiger partial charge in [-0.1, -0.05) is 0 Å². The summed E-state index contributed by atoms with van der Waals surface area (Å²) in [6.45, 7) is 0. The van der Waals surface area contributed by atoms with Crippen molar-refractivity contribution in [3.63, 3.8) is 0 Å². The van der Waals surface area contributed by atoms with Crippen LogP contribution in [0.3, 0.4) is 0 Å². The molecular formula is C6H9FN2S. The zero-order valence-corrected chi connectivity index (χ0v) is 6.24. The Morgan fingerprint density at radius 1 is 1.40 bits per heavy atom. The number of halogens is 1. The highest BCUT2D eigenvalue weighted by molar-refractivity contribution is 7.80. The van der Waals surface area contributed by atoms with Crippen molar-refractivity contribution in [3.05, 3.63) is 24.0 Å². The van der Waals surface area contributed by atoms with Gasteiger partial charge < -0.3 is 11.9 Å². The molecule has 1 rings (SSSR count). The number of rotatable bonds is 0. The molecule has 2 nitrogen and oxygen atoms in total. The normalized spacial score (nSPS) is 8.60. The van der Waals surface area contributed by atoms with E-state index in [9.17, 15) is 4.39 Å². The average molecular weight is 160 g/mol. The SMILES string of the molecule is N.Nc1ccc(F)cc1S. The van der Waals surface area contributed by atoms with Gasteiger partial charge in [-0.2, -0.15) is 0 Å². The van der Waals surface area contributed by atoms with E-state index in [-0.39, 0.29) is 12.0 Å². The fourth-order valence-corrected chi connectivity index (χ4v) is 0.715. The number of hydrogen-bond donors (Lipinski definition) is 3. The minimum atomic E-state index is -0.311. The monoisotopic (exact) mass is 160 g/mol. The first-order valence-corrected chi connectivity index (χ1v) is 2.89. The minimum Gasteiger partial charge on any atom is -0.398 e. The van der Waals surface area contributed by atoms with Crippen molar-refractivity contribution in [3.8, 4) is 0 Å². The highest BCUT2D eigenvalue weighted by Crippen LogP contribution is 2.16. The van der Waals surface area contributed by atoms with Crippen LogP contribution in [-0.4, -0.2) is 0 Å². The van der Waals surface area contributed by atoms with Gasteiger partial charge in [-0.25, -0.2) is 4.39 Å². The zero-order chi connectivity index (χ0) is 6.85. The Bertz CT molecular complexity index is 227. The first-order chi connectivity index (χ1) is 4.20. The van der Waals surface area contributed by atoms with Crippen LogP contribution in [0, 0.1) is 5.82 Å². The van der Waals surface area contributed by atoms with Crippen molar-refractivity contribution in [1.82, 2.24) is 6.15 Å². The van der Waals surface area contributed by atoms with Gasteiger partial charge in [0.2, 0.25) is 0 Å². The molecule has 0 unspecified atom stereocenters. The van der Waals surface area contributed by atoms with E-state index in [2.05, 4.69) is 12.6 Å². The van der Waals surface area contributed by atoms with Crippen LogP contribution in [0.1, 0.15) is 0 Å². The van der Waals surface area contributed by atoms with Crippen LogP contribution in [0.25, 0.3) is 0 Å². The van der Waals surface area contributed by atoms with Gasteiger partial charge in [0.15, 0.2) is 0 Å². The molecular weight excluding hydrogens is 151 g/mol. The molecule has 0 atom stereocenters. The van der Waals surface area contributed by atoms with E-state index in [0.29, 0.717) is 10.6 Å². The molecule has 1 aromatic rings. The van der Waals surface area contributed by atoms with Crippen molar-refractivity contribution >= 4 is 18.3 Å². The molecule has 5 N–H and O–H groups in total. The van der Waals surface area contributed by atoms with E-state index >= 15 is 0 Å². The summed E-state index contributed by atoms with van der Waals surface area (Å²) in [6.07, 6.45) is 0. The maximum Gasteiger partial charge on any atom is 0.124 e. The summed E-state index contributed by atoms with van der Waals surface area (Å²) in [5, 5.41) is 0. The molecule has 0 aliphatic heterocycles. The molecule has 0 saturated heterocycles. The maximum absolute atomic E-state index is 12.2. The second-order valence-corrected chi connectivity index (χ2v) is 2.18. The molecule has 0 spiro atoms. The molecule has 0 saturated carbocycles. The van der Waals surface area contributed by atoms with Gasteiger partial charge in [-0.15, -0.1) is 12.6 Å². The third kappa shape index (κ3) is 1.89. The van der Waals surface area contributed by atoms with E-state index in [4.69, 9.17) is 5.73 Å². The van der Waals surface area contributed by atoms with E-state index in [1.807, 2.05) is 0 Å². The van der Waals surface area contributed by atoms with Crippen LogP contribution in [-0.2, 0) is 0 Å². The lowest BCUT2D eigenvalue weighted by Crippen LogP contribution is -1.86. The highest BCUT2D eigenvalue weighted by Gasteiger charge is 1.93. The number of nitrogen functional groups attached to an aromatic ring is 1. The molecule has 0 aliphatic rings. The summed E-state index contributed by atoms with van der Waals surface area (Å²) in [5.41, 5.74) is 5.85. The molecule has 0 aromatic heterocycles. The summed E-state index contributed by atoms with van der Waals surface area (Å²) in [7, 11) is 0. The van der Waals surface area contributed by atoms with Crippen LogP contribution in [0.2, 0.25) is 0 Å². The molecule has 0 heterocycles. The summed E-state index contributed by atoms with van der Waals surface area (Å²) < 4.78 is 12.2. The molecule has 0 aliphatic carbocycles. The lowest BCUT2D eigenvalue weighted by molar-refractivity contribution is 0.625. The quantitative estimate of drug-likeness (QED) is 0.400. The molecule has 0 fully saturated rings. The summed E-state index contributed by atoms with van der Waals surface area (Å²) in [5.74, 6) is -0.311. The van der Waals surface area contributed by atoms with Gasteiger partial charge in [-0.05, 0) is 18.2 Å². The fourth-order valence-electron chi connectivity index (χ4n) is 0.517. The number of nitrogens with two attached hydrogens (primary N) is 1. The fraction of sp³-hybridized carbons (Fsp3) is 0. The predicted octanol–water partition coefficient (Wildman–Crippen LogP) is 1.86. The Kier molecular flexibility index (Phi) is 3.18. The van der Waals surface area contributed by atoms with Crippen molar-refractivity contribution in [1.29, 1.82) is 0 Å². The van der Waals surface area contributed by atoms with Crippen LogP contribution >= 0.6 is 12.6 Å². The predicted molar refractivity (Wildman–Crippen MR) is 43.1 cm³/mol. The van der Waals surface area contributed by atoms with Gasteiger partial charge in [0, 0.05) is 10.6 Å². The first-order valence-electron chi connectivity index (χ1n) is 2.44. The lowest BCUT2D eigenvalue weighted by Gasteiger charge is -1.95. The summed E-state index contributed by atoms with van der Waals surface area (Å²) >= 11 is 3.90. The Hall–Kier alpha value is -0.740. The van der Waals surface area contributed by atoms with Crippen LogP contribution in [0.15, 0.2) is 23.1 Å². The van der Waals surface area contributed by atoms with Crippen LogP contribution < -0.4 is 11.9 Å². The maximum atomic E-state index is 12.2. The van der Waals surface area contributed by atoms with Gasteiger partial charge >= 0.3 is 0 Å². The minimum absolute atomic E-state index is 0. The molecule has 0 amide bonds. The third-order valence-electron chi connectivity index (χ3n) is 0.992. The number of thiol groups is 1. The molecule has 10 heavy (non-hydrogen) atoms. The van der Waals surface area contributed by atoms with Gasteiger partial charge in [0.05, 0.1) is 0 Å². The van der Waals surface area contributed by atoms with Crippen molar-refractivity contribution in [2.75, 3.05) is 5.73 Å². The molecule has 0 radical (unpaired) electrons. The highest BCUT2D eigenvalue weighted by atomic mass is 32.1. The Labute approximate surface area is 64.2 Å². The smallest absolute Gasteiger partial charge is 0.124 e. The van der Waals surface area contributed by atoms with Gasteiger partial charge in [-0.3, -0.25) is 0 Å². The summed E-state index contributed by atoms with van der Waals surface area (Å²) in [6, 6.07) is 4.06. The van der Waals surface area contributed by atoms with E-state index < -0.39 is 0 Å². The van der Waals surface area contributed by atoms with Crippen LogP contribution in [0.4, 0.5) is 10.1 Å². The zero-order valence-electron chi connectivity index (χ0n) is 5.34. The summed E-state index contributed by atoms with van der Waals surface area (Å²) in [4.78, 5) is 0.481. The standard InChI is InChI=1S/C6H6FNS.H3N/c7-4-1-2-5(8)6(9)3-4;/h1-3,9H,8H2;1H3. The number of benzene rings is 1. The van der Waals surface area contributed by atoms with Crippen molar-refractivity contribution < 1.29 is 4.39 Å². The molecule has 56 valence electrons. The molecule has 4 heteroatoms. The second kappa shape index (κ2) is 3.43. The Balaban J connectivity index is 0.000000810. The Morgan fingerprint density at radius 3 is 2.40 bits per heavy atom. The number of anilines is 1. The van der Waals surface area contributed by atoms with Gasteiger partial charge in [0.1, 0.15) is 5.82 Å². The van der Waals surface area contributed by atoms with Crippen LogP contribution in [0.5, 0.6) is 0 Å². The van der Waals surface area contributed by atoms with Gasteiger partial charge in [0.25, 0.3) is 0 Å². The van der Waals surface area contributed by atoms with E-state index in [0.717, 1.165) is 0 Å². The largest absolute Gasteiger partial charge is 0.398 e. The molecule has 1 aromatic carbocycles. The number of hydrogen-bond acceptors (Lipinski definition) is 3. The first kappa shape index (κ1) is 9.26. The van der Waals surface area contributed by atoms with Crippen molar-refractivity contribution in [2.24, 2.45) is 0 Å². The topological polar surface area (TPSA) is 61.0 Å². The third-order valence-corrected chi connectivity index (χ3v) is 1.38. The Morgan fingerprint density at radius 2 is 2.00 bits per heavy atom. The van der Waals surface area contributed by atoms with Crippen molar-refractivity contribution in [2.45, 2.75) is 4.90 Å². The average Bonchev–Trinajstić information content (AvgIpc) is 1.80. The second-order valence-electron chi connectivity index (χ2n) is 1.70. The van der Waals surface area contributed by atoms with E-state index in [1.54, 1.807) is 0 Å². The van der Waals surface area contributed by atoms with E-state index in [1.165, 1.54) is 18.2 Å². The lowest BCUT2D eigenvalue weighted by atomic mass is 10.3.